The Morgan fingerprint density at radius 3 is 3.06 bits per heavy atom. The molecule has 1 rings (SSSR count). The first-order chi connectivity index (χ1) is 8.27. The third-order valence-electron chi connectivity index (χ3n) is 2.35. The maximum absolute atomic E-state index is 11.5. The van der Waals surface area contributed by atoms with E-state index < -0.39 is 0 Å². The Kier molecular flexibility index (Phi) is 6.03. The Morgan fingerprint density at radius 2 is 2.35 bits per heavy atom. The van der Waals surface area contributed by atoms with Crippen molar-refractivity contribution in [3.63, 3.8) is 0 Å². The molecule has 0 atom stereocenters. The van der Waals surface area contributed by atoms with E-state index >= 15 is 0 Å². The Morgan fingerprint density at radius 1 is 1.53 bits per heavy atom. The lowest BCUT2D eigenvalue weighted by molar-refractivity contribution is -0.121. The van der Waals surface area contributed by atoms with Crippen LogP contribution in [0.25, 0.3) is 0 Å². The summed E-state index contributed by atoms with van der Waals surface area (Å²) in [6, 6.07) is 3.71. The van der Waals surface area contributed by atoms with Gasteiger partial charge >= 0.3 is 0 Å². The number of ether oxygens (including phenoxy) is 1. The Hall–Kier alpha value is -1.62. The van der Waals surface area contributed by atoms with E-state index in [4.69, 9.17) is 4.74 Å². The molecule has 0 radical (unpaired) electrons. The molecule has 0 aliphatic carbocycles. The number of nitrogens with zero attached hydrogens (tertiary/aromatic N) is 1. The molecule has 2 N–H and O–H groups in total. The van der Waals surface area contributed by atoms with Crippen LogP contribution in [0, 0.1) is 0 Å². The second kappa shape index (κ2) is 7.62. The van der Waals surface area contributed by atoms with E-state index in [0.29, 0.717) is 18.8 Å². The van der Waals surface area contributed by atoms with Crippen molar-refractivity contribution < 1.29 is 9.53 Å². The first-order valence-electron chi connectivity index (χ1n) is 5.67. The first-order valence-corrected chi connectivity index (χ1v) is 5.67. The van der Waals surface area contributed by atoms with Crippen molar-refractivity contribution in [1.29, 1.82) is 0 Å². The molecule has 5 heteroatoms. The summed E-state index contributed by atoms with van der Waals surface area (Å²) in [6.07, 6.45) is 3.03. The van der Waals surface area contributed by atoms with Gasteiger partial charge in [0.2, 0.25) is 11.8 Å². The van der Waals surface area contributed by atoms with Gasteiger partial charge in [-0.05, 0) is 26.1 Å². The van der Waals surface area contributed by atoms with E-state index in [0.717, 1.165) is 18.5 Å². The maximum Gasteiger partial charge on any atom is 0.220 e. The fourth-order valence-corrected chi connectivity index (χ4v) is 1.45. The summed E-state index contributed by atoms with van der Waals surface area (Å²) in [5, 5.41) is 5.85. The molecule has 17 heavy (non-hydrogen) atoms. The molecule has 0 saturated heterocycles. The summed E-state index contributed by atoms with van der Waals surface area (Å²) >= 11 is 0. The standard InChI is InChI=1S/C12H19N3O2/c1-13-7-4-6-11(16)15-9-10-5-3-8-14-12(10)17-2/h3,5,8,13H,4,6-7,9H2,1-2H3,(H,15,16). The van der Waals surface area contributed by atoms with Crippen LogP contribution in [0.1, 0.15) is 18.4 Å². The number of methoxy groups -OCH3 is 1. The van der Waals surface area contributed by atoms with Crippen molar-refractivity contribution >= 4 is 5.91 Å². The van der Waals surface area contributed by atoms with Crippen molar-refractivity contribution in [2.24, 2.45) is 0 Å². The predicted octanol–water partition coefficient (Wildman–Crippen LogP) is 0.706. The van der Waals surface area contributed by atoms with E-state index in [1.165, 1.54) is 0 Å². The van der Waals surface area contributed by atoms with Crippen LogP contribution in [0.2, 0.25) is 0 Å². The number of hydrogen-bond donors (Lipinski definition) is 2. The predicted molar refractivity (Wildman–Crippen MR) is 65.8 cm³/mol. The average Bonchev–Trinajstić information content (AvgIpc) is 2.37. The monoisotopic (exact) mass is 237 g/mol. The highest BCUT2D eigenvalue weighted by Crippen LogP contribution is 2.12. The first kappa shape index (κ1) is 13.4. The normalized spacial score (nSPS) is 10.0. The number of hydrogen-bond acceptors (Lipinski definition) is 4. The van der Waals surface area contributed by atoms with Gasteiger partial charge in [0.1, 0.15) is 0 Å². The molecular weight excluding hydrogens is 218 g/mol. The minimum Gasteiger partial charge on any atom is -0.481 e. The minimum atomic E-state index is 0.0474. The molecule has 94 valence electrons. The quantitative estimate of drug-likeness (QED) is 0.685. The molecule has 5 nitrogen and oxygen atoms in total. The molecular formula is C12H19N3O2. The summed E-state index contributed by atoms with van der Waals surface area (Å²) < 4.78 is 5.10. The van der Waals surface area contributed by atoms with Gasteiger partial charge in [0.15, 0.2) is 0 Å². The highest BCUT2D eigenvalue weighted by molar-refractivity contribution is 5.75. The van der Waals surface area contributed by atoms with E-state index in [9.17, 15) is 4.79 Å². The van der Waals surface area contributed by atoms with Gasteiger partial charge in [0.25, 0.3) is 0 Å². The van der Waals surface area contributed by atoms with Gasteiger partial charge < -0.3 is 15.4 Å². The molecule has 0 bridgehead atoms. The highest BCUT2D eigenvalue weighted by atomic mass is 16.5. The van der Waals surface area contributed by atoms with Crippen molar-refractivity contribution in [1.82, 2.24) is 15.6 Å². The van der Waals surface area contributed by atoms with Gasteiger partial charge in [-0.1, -0.05) is 6.07 Å². The van der Waals surface area contributed by atoms with Crippen molar-refractivity contribution in [3.05, 3.63) is 23.9 Å². The second-order valence-electron chi connectivity index (χ2n) is 3.66. The third-order valence-corrected chi connectivity index (χ3v) is 2.35. The van der Waals surface area contributed by atoms with Crippen molar-refractivity contribution in [2.75, 3.05) is 20.7 Å². The van der Waals surface area contributed by atoms with Crippen LogP contribution >= 0.6 is 0 Å². The molecule has 0 fully saturated rings. The van der Waals surface area contributed by atoms with Gasteiger partial charge in [-0.15, -0.1) is 0 Å². The van der Waals surface area contributed by atoms with E-state index in [1.54, 1.807) is 13.3 Å². The lowest BCUT2D eigenvalue weighted by Crippen LogP contribution is -2.24. The number of carbonyl (C=O) groups excluding carboxylic acids is 1. The topological polar surface area (TPSA) is 63.2 Å². The van der Waals surface area contributed by atoms with Crippen LogP contribution < -0.4 is 15.4 Å². The van der Waals surface area contributed by atoms with E-state index in [2.05, 4.69) is 15.6 Å². The van der Waals surface area contributed by atoms with Gasteiger partial charge in [0.05, 0.1) is 7.11 Å². The zero-order valence-electron chi connectivity index (χ0n) is 10.3. The molecule has 0 saturated carbocycles. The summed E-state index contributed by atoms with van der Waals surface area (Å²) in [6.45, 7) is 1.30. The van der Waals surface area contributed by atoms with E-state index in [-0.39, 0.29) is 5.91 Å². The molecule has 0 aliphatic heterocycles. The molecule has 0 aromatic carbocycles. The lowest BCUT2D eigenvalue weighted by atomic mass is 10.2. The molecule has 1 aromatic heterocycles. The second-order valence-corrected chi connectivity index (χ2v) is 3.66. The molecule has 1 aromatic rings. The SMILES string of the molecule is CNCCCC(=O)NCc1cccnc1OC. The van der Waals surface area contributed by atoms with Crippen molar-refractivity contribution in [3.8, 4) is 5.88 Å². The fraction of sp³-hybridized carbons (Fsp3) is 0.500. The molecule has 0 aliphatic rings. The van der Waals surface area contributed by atoms with Crippen LogP contribution in [0.5, 0.6) is 5.88 Å². The molecule has 0 spiro atoms. The highest BCUT2D eigenvalue weighted by Gasteiger charge is 2.05. The summed E-state index contributed by atoms with van der Waals surface area (Å²) in [7, 11) is 3.44. The van der Waals surface area contributed by atoms with Crippen LogP contribution in [-0.4, -0.2) is 31.6 Å². The Labute approximate surface area is 102 Å². The smallest absolute Gasteiger partial charge is 0.220 e. The number of amides is 1. The number of nitrogens with one attached hydrogen (secondary N) is 2. The van der Waals surface area contributed by atoms with E-state index in [1.807, 2.05) is 19.2 Å². The Balaban J connectivity index is 2.36. The number of pyridine rings is 1. The molecule has 1 amide bonds. The van der Waals surface area contributed by atoms with Crippen LogP contribution in [-0.2, 0) is 11.3 Å². The van der Waals surface area contributed by atoms with Crippen LogP contribution in [0.4, 0.5) is 0 Å². The van der Waals surface area contributed by atoms with Crippen molar-refractivity contribution in [2.45, 2.75) is 19.4 Å². The largest absolute Gasteiger partial charge is 0.481 e. The Bertz CT molecular complexity index is 355. The minimum absolute atomic E-state index is 0.0474. The van der Waals surface area contributed by atoms with Gasteiger partial charge in [-0.25, -0.2) is 4.98 Å². The molecule has 0 unspecified atom stereocenters. The van der Waals surface area contributed by atoms with Gasteiger partial charge in [0, 0.05) is 24.7 Å². The fourth-order valence-electron chi connectivity index (χ4n) is 1.45. The van der Waals surface area contributed by atoms with Crippen LogP contribution in [0.3, 0.4) is 0 Å². The summed E-state index contributed by atoms with van der Waals surface area (Å²) in [4.78, 5) is 15.6. The summed E-state index contributed by atoms with van der Waals surface area (Å²) in [5.74, 6) is 0.606. The summed E-state index contributed by atoms with van der Waals surface area (Å²) in [5.41, 5.74) is 0.886. The third kappa shape index (κ3) is 4.82. The maximum atomic E-state index is 11.5. The number of carbonyl (C=O) groups is 1. The number of aromatic nitrogens is 1. The zero-order valence-corrected chi connectivity index (χ0v) is 10.3. The van der Waals surface area contributed by atoms with Gasteiger partial charge in [-0.2, -0.15) is 0 Å². The van der Waals surface area contributed by atoms with Crippen LogP contribution in [0.15, 0.2) is 18.3 Å². The number of rotatable bonds is 7. The zero-order chi connectivity index (χ0) is 12.5. The molecule has 1 heterocycles. The average molecular weight is 237 g/mol. The van der Waals surface area contributed by atoms with Gasteiger partial charge in [-0.3, -0.25) is 4.79 Å². The lowest BCUT2D eigenvalue weighted by Gasteiger charge is -2.08.